The number of carbonyl (C=O) groups excluding carboxylic acids is 1. The number of halogens is 2. The van der Waals surface area contributed by atoms with Crippen LogP contribution >= 0.6 is 23.2 Å². The molecule has 2 N–H and O–H groups in total. The molecule has 0 bridgehead atoms. The van der Waals surface area contributed by atoms with Crippen molar-refractivity contribution in [1.29, 1.82) is 0 Å². The highest BCUT2D eigenvalue weighted by molar-refractivity contribution is 6.36. The Kier molecular flexibility index (Phi) is 5.93. The van der Waals surface area contributed by atoms with E-state index in [9.17, 15) is 9.59 Å². The molecular weight excluding hydrogens is 389 g/mol. The molecule has 0 saturated carbocycles. The lowest BCUT2D eigenvalue weighted by Crippen LogP contribution is -2.33. The predicted molar refractivity (Wildman–Crippen MR) is 103 cm³/mol. The summed E-state index contributed by atoms with van der Waals surface area (Å²) < 4.78 is 0. The summed E-state index contributed by atoms with van der Waals surface area (Å²) >= 11 is 12.3. The van der Waals surface area contributed by atoms with Crippen LogP contribution < -0.4 is 5.56 Å². The van der Waals surface area contributed by atoms with Gasteiger partial charge in [-0.25, -0.2) is 4.98 Å². The fourth-order valence-corrected chi connectivity index (χ4v) is 3.09. The number of nitrogens with one attached hydrogen (secondary N) is 2. The maximum Gasteiger partial charge on any atom is 0.263 e. The van der Waals surface area contributed by atoms with Crippen LogP contribution in [0.25, 0.3) is 0 Å². The van der Waals surface area contributed by atoms with Crippen LogP contribution in [0.3, 0.4) is 0 Å². The molecule has 3 aromatic rings. The van der Waals surface area contributed by atoms with Gasteiger partial charge in [-0.15, -0.1) is 0 Å². The molecule has 0 radical (unpaired) electrons. The third-order valence-corrected chi connectivity index (χ3v) is 4.83. The van der Waals surface area contributed by atoms with Crippen molar-refractivity contribution in [3.63, 3.8) is 0 Å². The van der Waals surface area contributed by atoms with Gasteiger partial charge >= 0.3 is 0 Å². The van der Waals surface area contributed by atoms with E-state index in [-0.39, 0.29) is 12.0 Å². The van der Waals surface area contributed by atoms with Crippen LogP contribution in [0.1, 0.15) is 27.3 Å². The van der Waals surface area contributed by atoms with Gasteiger partial charge in [-0.1, -0.05) is 29.3 Å². The zero-order chi connectivity index (χ0) is 19.4. The minimum absolute atomic E-state index is 0.0151. The van der Waals surface area contributed by atoms with Crippen molar-refractivity contribution in [2.75, 3.05) is 13.6 Å². The summed E-state index contributed by atoms with van der Waals surface area (Å²) in [6.45, 7) is 0.453. The van der Waals surface area contributed by atoms with Crippen molar-refractivity contribution in [1.82, 2.24) is 25.1 Å². The number of nitrogens with zero attached hydrogens (tertiary/aromatic N) is 3. The molecule has 3 rings (SSSR count). The second-order valence-electron chi connectivity index (χ2n) is 6.03. The zero-order valence-electron chi connectivity index (χ0n) is 14.5. The number of carbonyl (C=O) groups is 1. The third kappa shape index (κ3) is 4.56. The molecule has 0 fully saturated rings. The van der Waals surface area contributed by atoms with Gasteiger partial charge in [-0.05, 0) is 29.7 Å². The number of amides is 1. The van der Waals surface area contributed by atoms with E-state index in [1.807, 2.05) is 0 Å². The Bertz CT molecular complexity index is 981. The van der Waals surface area contributed by atoms with Gasteiger partial charge in [-0.3, -0.25) is 14.7 Å². The lowest BCUT2D eigenvalue weighted by molar-refractivity contribution is 0.0794. The third-order valence-electron chi connectivity index (χ3n) is 4.13. The second kappa shape index (κ2) is 8.37. The van der Waals surface area contributed by atoms with Gasteiger partial charge in [0.2, 0.25) is 0 Å². The summed E-state index contributed by atoms with van der Waals surface area (Å²) in [5.41, 5.74) is 1.14. The first-order chi connectivity index (χ1) is 13.0. The molecule has 27 heavy (non-hydrogen) atoms. The molecule has 9 heteroatoms. The number of rotatable bonds is 6. The SMILES string of the molecule is CN(CCc1cn[nH]c1)C(=O)c1cnc(Cc2c(Cl)cccc2Cl)[nH]c1=O. The number of likely N-dealkylation sites (N-methyl/N-ethyl adjacent to an activating group) is 1. The average Bonchev–Trinajstić information content (AvgIpc) is 3.16. The topological polar surface area (TPSA) is 94.7 Å². The van der Waals surface area contributed by atoms with Crippen molar-refractivity contribution in [2.45, 2.75) is 12.8 Å². The number of hydrogen-bond acceptors (Lipinski definition) is 4. The van der Waals surface area contributed by atoms with Crippen molar-refractivity contribution in [3.05, 3.63) is 79.7 Å². The Morgan fingerprint density at radius 2 is 1.96 bits per heavy atom. The highest BCUT2D eigenvalue weighted by atomic mass is 35.5. The number of aromatic nitrogens is 4. The minimum Gasteiger partial charge on any atom is -0.341 e. The van der Waals surface area contributed by atoms with Gasteiger partial charge in [0.25, 0.3) is 11.5 Å². The zero-order valence-corrected chi connectivity index (χ0v) is 16.0. The van der Waals surface area contributed by atoms with Crippen molar-refractivity contribution in [2.24, 2.45) is 0 Å². The molecule has 1 aromatic carbocycles. The lowest BCUT2D eigenvalue weighted by atomic mass is 10.1. The van der Waals surface area contributed by atoms with Gasteiger partial charge in [0.1, 0.15) is 11.4 Å². The highest BCUT2D eigenvalue weighted by Crippen LogP contribution is 2.25. The van der Waals surface area contributed by atoms with E-state index in [2.05, 4.69) is 20.2 Å². The van der Waals surface area contributed by atoms with Gasteiger partial charge < -0.3 is 9.88 Å². The highest BCUT2D eigenvalue weighted by Gasteiger charge is 2.17. The largest absolute Gasteiger partial charge is 0.341 e. The molecule has 2 heterocycles. The van der Waals surface area contributed by atoms with Crippen LogP contribution in [0.5, 0.6) is 0 Å². The van der Waals surface area contributed by atoms with E-state index in [4.69, 9.17) is 23.2 Å². The molecule has 0 atom stereocenters. The Hall–Kier alpha value is -2.64. The van der Waals surface area contributed by atoms with Crippen molar-refractivity contribution < 1.29 is 4.79 Å². The maximum atomic E-state index is 12.5. The fraction of sp³-hybridized carbons (Fsp3) is 0.222. The van der Waals surface area contributed by atoms with E-state index in [1.165, 1.54) is 11.1 Å². The first-order valence-electron chi connectivity index (χ1n) is 8.20. The molecule has 140 valence electrons. The smallest absolute Gasteiger partial charge is 0.263 e. The lowest BCUT2D eigenvalue weighted by Gasteiger charge is -2.16. The average molecular weight is 406 g/mol. The molecule has 7 nitrogen and oxygen atoms in total. The maximum absolute atomic E-state index is 12.5. The minimum atomic E-state index is -0.497. The number of H-pyrrole nitrogens is 2. The Morgan fingerprint density at radius 1 is 1.22 bits per heavy atom. The van der Waals surface area contributed by atoms with Crippen LogP contribution in [0, 0.1) is 0 Å². The van der Waals surface area contributed by atoms with Crippen LogP contribution in [-0.2, 0) is 12.8 Å². The molecule has 2 aromatic heterocycles. The summed E-state index contributed by atoms with van der Waals surface area (Å²) in [5, 5.41) is 7.56. The van der Waals surface area contributed by atoms with Crippen LogP contribution in [-0.4, -0.2) is 44.6 Å². The molecule has 0 aliphatic rings. The van der Waals surface area contributed by atoms with Gasteiger partial charge in [0.05, 0.1) is 6.20 Å². The Morgan fingerprint density at radius 3 is 2.59 bits per heavy atom. The molecule has 1 amide bonds. The molecule has 0 saturated heterocycles. The molecular formula is C18H17Cl2N5O2. The predicted octanol–water partition coefficient (Wildman–Crippen LogP) is 2.71. The van der Waals surface area contributed by atoms with E-state index >= 15 is 0 Å². The standard InChI is InChI=1S/C18H17Cl2N5O2/c1-25(6-5-11-8-22-23-9-11)18(27)13-10-21-16(24-17(13)26)7-12-14(19)3-2-4-15(12)20/h2-4,8-10H,5-7H2,1H3,(H,22,23)(H,21,24,26). The van der Waals surface area contributed by atoms with Crippen LogP contribution in [0.2, 0.25) is 10.0 Å². The van der Waals surface area contributed by atoms with E-state index in [1.54, 1.807) is 37.6 Å². The van der Waals surface area contributed by atoms with E-state index in [0.717, 1.165) is 5.56 Å². The number of benzene rings is 1. The molecule has 0 aliphatic carbocycles. The van der Waals surface area contributed by atoms with Gasteiger partial charge in [0.15, 0.2) is 0 Å². The summed E-state index contributed by atoms with van der Waals surface area (Å²) in [6, 6.07) is 5.17. The van der Waals surface area contributed by atoms with Crippen LogP contribution in [0.4, 0.5) is 0 Å². The summed E-state index contributed by atoms with van der Waals surface area (Å²) in [7, 11) is 1.64. The molecule has 0 spiro atoms. The fourth-order valence-electron chi connectivity index (χ4n) is 2.56. The molecule has 0 unspecified atom stereocenters. The summed E-state index contributed by atoms with van der Waals surface area (Å²) in [6.07, 6.45) is 5.64. The van der Waals surface area contributed by atoms with E-state index < -0.39 is 11.5 Å². The van der Waals surface area contributed by atoms with Gasteiger partial charge in [0, 0.05) is 42.5 Å². The van der Waals surface area contributed by atoms with Crippen molar-refractivity contribution in [3.8, 4) is 0 Å². The first-order valence-corrected chi connectivity index (χ1v) is 8.95. The second-order valence-corrected chi connectivity index (χ2v) is 6.85. The molecule has 0 aliphatic heterocycles. The first kappa shape index (κ1) is 19.1. The Balaban J connectivity index is 1.72. The summed E-state index contributed by atoms with van der Waals surface area (Å²) in [5.74, 6) is -0.0119. The van der Waals surface area contributed by atoms with Gasteiger partial charge in [-0.2, -0.15) is 5.10 Å². The Labute approximate surface area is 165 Å². The number of aromatic amines is 2. The summed E-state index contributed by atoms with van der Waals surface area (Å²) in [4.78, 5) is 33.2. The van der Waals surface area contributed by atoms with Crippen molar-refractivity contribution >= 4 is 29.1 Å². The van der Waals surface area contributed by atoms with E-state index in [0.29, 0.717) is 34.4 Å². The monoisotopic (exact) mass is 405 g/mol. The van der Waals surface area contributed by atoms with Crippen LogP contribution in [0.15, 0.2) is 41.6 Å². The quantitative estimate of drug-likeness (QED) is 0.658. The number of hydrogen-bond donors (Lipinski definition) is 2. The normalized spacial score (nSPS) is 10.8.